The number of carbonyl (C=O) groups is 1. The van der Waals surface area contributed by atoms with Gasteiger partial charge in [-0.15, -0.1) is 11.3 Å². The van der Waals surface area contributed by atoms with Crippen molar-refractivity contribution >= 4 is 37.0 Å². The first kappa shape index (κ1) is 15.5. The van der Waals surface area contributed by atoms with Crippen molar-refractivity contribution in [2.24, 2.45) is 5.41 Å². The highest BCUT2D eigenvalue weighted by atomic mass is 35.7. The summed E-state index contributed by atoms with van der Waals surface area (Å²) >= 11 is 1.13. The Morgan fingerprint density at radius 2 is 2.00 bits per heavy atom. The minimum Gasteiger partial charge on any atom is -0.355 e. The molecule has 0 spiro atoms. The van der Waals surface area contributed by atoms with E-state index in [0.717, 1.165) is 16.2 Å². The Bertz CT molecular complexity index is 529. The van der Waals surface area contributed by atoms with E-state index in [0.29, 0.717) is 13.0 Å². The molecule has 0 unspecified atom stereocenters. The van der Waals surface area contributed by atoms with E-state index in [1.807, 2.05) is 20.8 Å². The summed E-state index contributed by atoms with van der Waals surface area (Å²) in [7, 11) is 1.59. The van der Waals surface area contributed by atoms with Gasteiger partial charge in [0.1, 0.15) is 4.21 Å². The summed E-state index contributed by atoms with van der Waals surface area (Å²) < 4.78 is 22.3. The lowest BCUT2D eigenvalue weighted by atomic mass is 9.96. The molecule has 1 amide bonds. The van der Waals surface area contributed by atoms with Gasteiger partial charge in [-0.1, -0.05) is 20.8 Å². The summed E-state index contributed by atoms with van der Waals surface area (Å²) in [5.41, 5.74) is -0.417. The summed E-state index contributed by atoms with van der Waals surface area (Å²) in [6.07, 6.45) is 0.596. The smallest absolute Gasteiger partial charge is 0.270 e. The van der Waals surface area contributed by atoms with Gasteiger partial charge >= 0.3 is 0 Å². The van der Waals surface area contributed by atoms with Crippen LogP contribution in [0.3, 0.4) is 0 Å². The maximum absolute atomic E-state index is 11.6. The number of nitrogens with one attached hydrogen (secondary N) is 1. The van der Waals surface area contributed by atoms with Gasteiger partial charge in [-0.2, -0.15) is 0 Å². The zero-order valence-electron chi connectivity index (χ0n) is 10.5. The minimum atomic E-state index is -3.64. The van der Waals surface area contributed by atoms with Crippen LogP contribution < -0.4 is 5.32 Å². The number of thiophene rings is 1. The van der Waals surface area contributed by atoms with Crippen LogP contribution in [0, 0.1) is 5.41 Å². The molecule has 0 aromatic carbocycles. The zero-order valence-corrected chi connectivity index (χ0v) is 12.9. The number of halogens is 1. The normalized spacial score (nSPS) is 12.4. The maximum Gasteiger partial charge on any atom is 0.270 e. The highest BCUT2D eigenvalue weighted by molar-refractivity contribution is 8.15. The molecule has 1 heterocycles. The fourth-order valence-corrected chi connectivity index (χ4v) is 3.31. The lowest BCUT2D eigenvalue weighted by Gasteiger charge is -2.17. The van der Waals surface area contributed by atoms with Crippen LogP contribution in [-0.4, -0.2) is 20.9 Å². The minimum absolute atomic E-state index is 0.0238. The first-order valence-corrected chi connectivity index (χ1v) is 8.55. The van der Waals surface area contributed by atoms with Crippen molar-refractivity contribution < 1.29 is 13.2 Å². The van der Waals surface area contributed by atoms with Gasteiger partial charge in [-0.25, -0.2) is 8.42 Å². The monoisotopic (exact) mass is 309 g/mol. The van der Waals surface area contributed by atoms with Gasteiger partial charge in [0, 0.05) is 27.5 Å². The third-order valence-electron chi connectivity index (χ3n) is 2.22. The topological polar surface area (TPSA) is 63.2 Å². The van der Waals surface area contributed by atoms with Crippen LogP contribution in [0.15, 0.2) is 16.3 Å². The van der Waals surface area contributed by atoms with E-state index in [4.69, 9.17) is 10.7 Å². The molecule has 0 aliphatic carbocycles. The van der Waals surface area contributed by atoms with Gasteiger partial charge in [0.25, 0.3) is 9.05 Å². The fraction of sp³-hybridized carbons (Fsp3) is 0.545. The average Bonchev–Trinajstić information content (AvgIpc) is 2.64. The lowest BCUT2D eigenvalue weighted by Crippen LogP contribution is -2.35. The molecule has 0 saturated heterocycles. The van der Waals surface area contributed by atoms with Crippen molar-refractivity contribution in [3.8, 4) is 0 Å². The summed E-state index contributed by atoms with van der Waals surface area (Å²) in [5, 5.41) is 2.80. The number of hydrogen-bond acceptors (Lipinski definition) is 4. The van der Waals surface area contributed by atoms with Crippen LogP contribution in [0.2, 0.25) is 0 Å². The average molecular weight is 310 g/mol. The highest BCUT2D eigenvalue weighted by Gasteiger charge is 2.20. The Morgan fingerprint density at radius 1 is 1.39 bits per heavy atom. The van der Waals surface area contributed by atoms with Crippen molar-refractivity contribution in [1.29, 1.82) is 0 Å². The molecule has 0 radical (unpaired) electrons. The quantitative estimate of drug-likeness (QED) is 0.869. The molecule has 0 aliphatic rings. The van der Waals surface area contributed by atoms with Crippen molar-refractivity contribution in [3.05, 3.63) is 17.0 Å². The van der Waals surface area contributed by atoms with Crippen LogP contribution in [0.5, 0.6) is 0 Å². The van der Waals surface area contributed by atoms with Crippen LogP contribution in [0.25, 0.3) is 0 Å². The molecular weight excluding hydrogens is 294 g/mol. The first-order chi connectivity index (χ1) is 8.10. The van der Waals surface area contributed by atoms with Gasteiger partial charge in [0.05, 0.1) is 0 Å². The van der Waals surface area contributed by atoms with E-state index in [9.17, 15) is 13.2 Å². The molecule has 0 bridgehead atoms. The molecule has 1 N–H and O–H groups in total. The number of rotatable bonds is 4. The summed E-state index contributed by atoms with van der Waals surface area (Å²) in [4.78, 5) is 12.5. The van der Waals surface area contributed by atoms with E-state index in [2.05, 4.69) is 5.32 Å². The van der Waals surface area contributed by atoms with E-state index in [1.165, 1.54) is 6.07 Å². The summed E-state index contributed by atoms with van der Waals surface area (Å²) in [6, 6.07) is 3.19. The van der Waals surface area contributed by atoms with Gasteiger partial charge in [0.2, 0.25) is 5.91 Å². The Labute approximate surface area is 116 Å². The van der Waals surface area contributed by atoms with Crippen molar-refractivity contribution in [1.82, 2.24) is 5.32 Å². The van der Waals surface area contributed by atoms with Crippen LogP contribution in [0.1, 0.15) is 25.6 Å². The Kier molecular flexibility index (Phi) is 4.80. The molecule has 1 aromatic heterocycles. The van der Waals surface area contributed by atoms with Crippen LogP contribution in [0.4, 0.5) is 0 Å². The molecule has 0 fully saturated rings. The fourth-order valence-electron chi connectivity index (χ4n) is 1.19. The molecule has 18 heavy (non-hydrogen) atoms. The van der Waals surface area contributed by atoms with Gasteiger partial charge in [0.15, 0.2) is 0 Å². The third kappa shape index (κ3) is 4.59. The van der Waals surface area contributed by atoms with Gasteiger partial charge < -0.3 is 5.32 Å². The highest BCUT2D eigenvalue weighted by Crippen LogP contribution is 2.24. The Hall–Kier alpha value is -0.590. The molecule has 1 aromatic rings. The molecule has 7 heteroatoms. The zero-order chi connectivity index (χ0) is 14.0. The van der Waals surface area contributed by atoms with Gasteiger partial charge in [-0.05, 0) is 18.6 Å². The SMILES string of the molecule is CC(C)(C)C(=O)NCCc1ccc(S(=O)(=O)Cl)s1. The molecule has 4 nitrogen and oxygen atoms in total. The van der Waals surface area contributed by atoms with Crippen molar-refractivity contribution in [2.75, 3.05) is 6.54 Å². The van der Waals surface area contributed by atoms with Gasteiger partial charge in [-0.3, -0.25) is 4.79 Å². The third-order valence-corrected chi connectivity index (χ3v) is 5.45. The second-order valence-electron chi connectivity index (χ2n) is 4.91. The maximum atomic E-state index is 11.6. The Morgan fingerprint density at radius 3 is 2.44 bits per heavy atom. The largest absolute Gasteiger partial charge is 0.355 e. The number of hydrogen-bond donors (Lipinski definition) is 1. The predicted molar refractivity (Wildman–Crippen MR) is 73.5 cm³/mol. The molecular formula is C11H16ClNO3S2. The number of amides is 1. The second kappa shape index (κ2) is 5.59. The van der Waals surface area contributed by atoms with E-state index < -0.39 is 14.5 Å². The standard InChI is InChI=1S/C11H16ClNO3S2/c1-11(2,3)10(14)13-7-6-8-4-5-9(17-8)18(12,15)16/h4-5H,6-7H2,1-3H3,(H,13,14). The summed E-state index contributed by atoms with van der Waals surface area (Å²) in [6.45, 7) is 6.00. The van der Waals surface area contributed by atoms with Crippen molar-refractivity contribution in [2.45, 2.75) is 31.4 Å². The molecule has 0 aliphatic heterocycles. The predicted octanol–water partition coefficient (Wildman–Crippen LogP) is 2.38. The molecule has 0 saturated carbocycles. The lowest BCUT2D eigenvalue weighted by molar-refractivity contribution is -0.128. The molecule has 1 rings (SSSR count). The number of carbonyl (C=O) groups excluding carboxylic acids is 1. The van der Waals surface area contributed by atoms with E-state index in [-0.39, 0.29) is 10.1 Å². The van der Waals surface area contributed by atoms with Crippen LogP contribution >= 0.6 is 22.0 Å². The second-order valence-corrected chi connectivity index (χ2v) is 8.88. The Balaban J connectivity index is 2.51. The molecule has 0 atom stereocenters. The van der Waals surface area contributed by atoms with E-state index in [1.54, 1.807) is 6.07 Å². The first-order valence-electron chi connectivity index (χ1n) is 5.42. The van der Waals surface area contributed by atoms with Crippen LogP contribution in [-0.2, 0) is 20.3 Å². The molecule has 102 valence electrons. The van der Waals surface area contributed by atoms with E-state index >= 15 is 0 Å². The van der Waals surface area contributed by atoms with Crippen molar-refractivity contribution in [3.63, 3.8) is 0 Å². The summed E-state index contributed by atoms with van der Waals surface area (Å²) in [5.74, 6) is -0.0238.